The van der Waals surface area contributed by atoms with Crippen molar-refractivity contribution < 1.29 is 24.2 Å². The number of ether oxygens (including phenoxy) is 2. The van der Waals surface area contributed by atoms with Crippen LogP contribution in [0.1, 0.15) is 79.4 Å². The Morgan fingerprint density at radius 2 is 1.44 bits per heavy atom. The molecule has 0 radical (unpaired) electrons. The number of benzene rings is 3. The molecule has 4 atom stereocenters. The predicted molar refractivity (Wildman–Crippen MR) is 155 cm³/mol. The van der Waals surface area contributed by atoms with Crippen LogP contribution in [-0.2, 0) is 19.7 Å². The molecule has 5 heteroatoms. The van der Waals surface area contributed by atoms with Crippen molar-refractivity contribution in [3.05, 3.63) is 107 Å². The van der Waals surface area contributed by atoms with Crippen LogP contribution in [0.2, 0.25) is 0 Å². The molecule has 0 amide bonds. The highest BCUT2D eigenvalue weighted by molar-refractivity contribution is 5.89. The van der Waals surface area contributed by atoms with Crippen LogP contribution in [-0.4, -0.2) is 37.4 Å². The van der Waals surface area contributed by atoms with Gasteiger partial charge in [0.05, 0.1) is 25.2 Å². The van der Waals surface area contributed by atoms with Gasteiger partial charge >= 0.3 is 11.9 Å². The molecular formula is C34H42O5. The highest BCUT2D eigenvalue weighted by Gasteiger charge is 2.40. The minimum absolute atomic E-state index is 0.0421. The van der Waals surface area contributed by atoms with E-state index in [-0.39, 0.29) is 31.0 Å². The van der Waals surface area contributed by atoms with Crippen molar-refractivity contribution in [2.45, 2.75) is 57.8 Å². The van der Waals surface area contributed by atoms with Gasteiger partial charge < -0.3 is 14.6 Å². The Bertz CT molecular complexity index is 1160. The summed E-state index contributed by atoms with van der Waals surface area (Å²) in [5.41, 5.74) is 3.35. The molecule has 3 rings (SSSR count). The van der Waals surface area contributed by atoms with Crippen molar-refractivity contribution >= 4 is 11.9 Å². The van der Waals surface area contributed by atoms with Gasteiger partial charge in [-0.15, -0.1) is 0 Å². The lowest BCUT2D eigenvalue weighted by Crippen LogP contribution is -2.35. The minimum Gasteiger partial charge on any atom is -0.469 e. The summed E-state index contributed by atoms with van der Waals surface area (Å²) in [6, 6.07) is 28.5. The zero-order valence-corrected chi connectivity index (χ0v) is 23.6. The van der Waals surface area contributed by atoms with E-state index < -0.39 is 11.4 Å². The molecule has 39 heavy (non-hydrogen) atoms. The first kappa shape index (κ1) is 30.1. The number of rotatable bonds is 14. The second-order valence-corrected chi connectivity index (χ2v) is 10.6. The monoisotopic (exact) mass is 530 g/mol. The van der Waals surface area contributed by atoms with Crippen molar-refractivity contribution in [3.63, 3.8) is 0 Å². The number of carbonyl (C=O) groups is 2. The van der Waals surface area contributed by atoms with Gasteiger partial charge in [-0.3, -0.25) is 4.79 Å². The lowest BCUT2D eigenvalue weighted by Gasteiger charge is -2.40. The van der Waals surface area contributed by atoms with Gasteiger partial charge in [0.1, 0.15) is 6.61 Å². The Balaban J connectivity index is 2.18. The van der Waals surface area contributed by atoms with Crippen molar-refractivity contribution in [1.29, 1.82) is 0 Å². The largest absolute Gasteiger partial charge is 0.469 e. The van der Waals surface area contributed by atoms with E-state index in [0.717, 1.165) is 30.4 Å². The first-order valence-electron chi connectivity index (χ1n) is 13.9. The van der Waals surface area contributed by atoms with Crippen molar-refractivity contribution in [2.75, 3.05) is 20.3 Å². The van der Waals surface area contributed by atoms with E-state index in [2.05, 4.69) is 50.2 Å². The number of aliphatic hydroxyl groups excluding tert-OH is 1. The van der Waals surface area contributed by atoms with E-state index in [1.54, 1.807) is 12.1 Å². The smallest absolute Gasteiger partial charge is 0.338 e. The normalized spacial score (nSPS) is 15.0. The fourth-order valence-electron chi connectivity index (χ4n) is 5.57. The summed E-state index contributed by atoms with van der Waals surface area (Å²) in [6.45, 7) is 6.19. The summed E-state index contributed by atoms with van der Waals surface area (Å²) in [4.78, 5) is 25.2. The molecule has 0 saturated heterocycles. The lowest BCUT2D eigenvalue weighted by molar-refractivity contribution is -0.145. The van der Waals surface area contributed by atoms with Crippen LogP contribution in [0.5, 0.6) is 0 Å². The first-order chi connectivity index (χ1) is 18.8. The van der Waals surface area contributed by atoms with Crippen LogP contribution in [0, 0.1) is 11.8 Å². The van der Waals surface area contributed by atoms with Gasteiger partial charge in [0.15, 0.2) is 0 Å². The van der Waals surface area contributed by atoms with Gasteiger partial charge in [-0.2, -0.15) is 0 Å². The van der Waals surface area contributed by atoms with Crippen molar-refractivity contribution in [2.24, 2.45) is 11.8 Å². The van der Waals surface area contributed by atoms with E-state index in [9.17, 15) is 9.59 Å². The molecule has 1 N–H and O–H groups in total. The highest BCUT2D eigenvalue weighted by atomic mass is 16.5. The quantitative estimate of drug-likeness (QED) is 0.229. The van der Waals surface area contributed by atoms with Crippen LogP contribution >= 0.6 is 0 Å². The van der Waals surface area contributed by atoms with Crippen LogP contribution in [0.4, 0.5) is 0 Å². The summed E-state index contributed by atoms with van der Waals surface area (Å²) in [6.07, 6.45) is 3.46. The number of hydrogen-bond acceptors (Lipinski definition) is 5. The number of aliphatic hydroxyl groups is 1. The van der Waals surface area contributed by atoms with E-state index >= 15 is 0 Å². The molecule has 0 aliphatic heterocycles. The lowest BCUT2D eigenvalue weighted by atomic mass is 9.63. The Kier molecular flexibility index (Phi) is 11.3. The van der Waals surface area contributed by atoms with Crippen LogP contribution in [0.3, 0.4) is 0 Å². The molecule has 3 aromatic rings. The van der Waals surface area contributed by atoms with Gasteiger partial charge in [0, 0.05) is 5.41 Å². The maximum absolute atomic E-state index is 12.8. The molecule has 0 saturated carbocycles. The van der Waals surface area contributed by atoms with Crippen LogP contribution in [0.15, 0.2) is 84.9 Å². The SMILES string of the molecule is CCC(C)CC(CC(CC(C)C(=O)OC)(c1ccccc1)c1ccc(C(=O)OCCO)cc1)c1ccccc1. The highest BCUT2D eigenvalue weighted by Crippen LogP contribution is 2.47. The summed E-state index contributed by atoms with van der Waals surface area (Å²) < 4.78 is 10.3. The number of hydrogen-bond donors (Lipinski definition) is 1. The van der Waals surface area contributed by atoms with Gasteiger partial charge in [-0.1, -0.05) is 100.0 Å². The van der Waals surface area contributed by atoms with Crippen LogP contribution in [0.25, 0.3) is 0 Å². The molecule has 0 bridgehead atoms. The Morgan fingerprint density at radius 1 is 0.846 bits per heavy atom. The molecule has 0 spiro atoms. The number of carbonyl (C=O) groups excluding carboxylic acids is 2. The van der Waals surface area contributed by atoms with E-state index in [1.807, 2.05) is 43.3 Å². The van der Waals surface area contributed by atoms with Crippen molar-refractivity contribution in [3.8, 4) is 0 Å². The predicted octanol–water partition coefficient (Wildman–Crippen LogP) is 6.93. The van der Waals surface area contributed by atoms with Gasteiger partial charge in [0.2, 0.25) is 0 Å². The van der Waals surface area contributed by atoms with Gasteiger partial charge in [0.25, 0.3) is 0 Å². The molecule has 208 valence electrons. The van der Waals surface area contributed by atoms with Gasteiger partial charge in [-0.05, 0) is 59.9 Å². The maximum Gasteiger partial charge on any atom is 0.338 e. The first-order valence-corrected chi connectivity index (χ1v) is 13.9. The molecular weight excluding hydrogens is 488 g/mol. The zero-order valence-electron chi connectivity index (χ0n) is 23.6. The van der Waals surface area contributed by atoms with E-state index in [0.29, 0.717) is 17.9 Å². The second kappa shape index (κ2) is 14.6. The average molecular weight is 531 g/mol. The van der Waals surface area contributed by atoms with Gasteiger partial charge in [-0.25, -0.2) is 4.79 Å². The summed E-state index contributed by atoms with van der Waals surface area (Å²) in [7, 11) is 1.44. The molecule has 0 aliphatic carbocycles. The van der Waals surface area contributed by atoms with Crippen LogP contribution < -0.4 is 0 Å². The summed E-state index contributed by atoms with van der Waals surface area (Å²) in [5.74, 6) is -0.268. The molecule has 0 fully saturated rings. The third-order valence-corrected chi connectivity index (χ3v) is 7.83. The Labute approximate surface area is 233 Å². The molecule has 0 heterocycles. The number of methoxy groups -OCH3 is 1. The Morgan fingerprint density at radius 3 is 2.00 bits per heavy atom. The van der Waals surface area contributed by atoms with E-state index in [4.69, 9.17) is 14.6 Å². The third-order valence-electron chi connectivity index (χ3n) is 7.83. The number of esters is 2. The maximum atomic E-state index is 12.8. The molecule has 0 aromatic heterocycles. The summed E-state index contributed by atoms with van der Waals surface area (Å²) >= 11 is 0. The standard InChI is InChI=1S/C34H42O5/c1-5-25(2)22-29(27-12-8-6-9-13-27)24-34(23-26(3)32(36)38-4,30-14-10-7-11-15-30)31-18-16-28(17-19-31)33(37)39-21-20-35/h6-19,25-26,29,35H,5,20-24H2,1-4H3. The van der Waals surface area contributed by atoms with E-state index in [1.165, 1.54) is 12.7 Å². The fourth-order valence-corrected chi connectivity index (χ4v) is 5.57. The zero-order chi connectivity index (χ0) is 28.3. The molecule has 4 unspecified atom stereocenters. The Hall–Kier alpha value is -3.44. The second-order valence-electron chi connectivity index (χ2n) is 10.6. The fraction of sp³-hybridized carbons (Fsp3) is 0.412. The minimum atomic E-state index is -0.517. The molecule has 0 aliphatic rings. The topological polar surface area (TPSA) is 72.8 Å². The molecule has 5 nitrogen and oxygen atoms in total. The molecule has 3 aromatic carbocycles. The average Bonchev–Trinajstić information content (AvgIpc) is 2.99. The third kappa shape index (κ3) is 7.79. The van der Waals surface area contributed by atoms with Crippen molar-refractivity contribution in [1.82, 2.24) is 0 Å². The summed E-state index contributed by atoms with van der Waals surface area (Å²) in [5, 5.41) is 9.03.